The zero-order valence-electron chi connectivity index (χ0n) is 18.7. The molecule has 0 rings (SSSR count). The summed E-state index contributed by atoms with van der Waals surface area (Å²) in [6, 6.07) is 0. The number of rotatable bonds is 15. The van der Waals surface area contributed by atoms with Gasteiger partial charge in [-0.25, -0.2) is 13.6 Å². The summed E-state index contributed by atoms with van der Waals surface area (Å²) in [5.41, 5.74) is -1.03. The third-order valence-corrected chi connectivity index (χ3v) is 4.64. The molecule has 0 atom stereocenters. The summed E-state index contributed by atoms with van der Waals surface area (Å²) < 4.78 is 274. The smallest absolute Gasteiger partial charge is 0.385 e. The number of hydrogen-bond acceptors (Lipinski definition) is 3. The van der Waals surface area contributed by atoms with Gasteiger partial charge in [-0.05, 0) is 6.92 Å². The molecule has 0 aliphatic heterocycles. The molecule has 0 aliphatic carbocycles. The van der Waals surface area contributed by atoms with Gasteiger partial charge in [0.1, 0.15) is 6.61 Å². The highest BCUT2D eigenvalue weighted by Crippen LogP contribution is 2.65. The van der Waals surface area contributed by atoms with Crippen molar-refractivity contribution in [2.45, 2.75) is 66.7 Å². The van der Waals surface area contributed by atoms with E-state index in [2.05, 4.69) is 16.1 Å². The summed E-state index contributed by atoms with van der Waals surface area (Å²) in [6.45, 7) is -1.39. The van der Waals surface area contributed by atoms with Gasteiger partial charge in [0, 0.05) is 0 Å². The maximum Gasteiger partial charge on any atom is 0.385 e. The Hall–Kier alpha value is -2.23. The van der Waals surface area contributed by atoms with Crippen LogP contribution in [0.3, 0.4) is 0 Å². The fraction of sp³-hybridized carbons (Fsp3) is 0.824. The minimum Gasteiger partial charge on any atom is -0.463 e. The van der Waals surface area contributed by atoms with Crippen molar-refractivity contribution in [1.29, 1.82) is 0 Å². The first kappa shape index (κ1) is 37.8. The van der Waals surface area contributed by atoms with E-state index in [9.17, 15) is 92.6 Å². The van der Waals surface area contributed by atoms with Crippen LogP contribution in [-0.2, 0) is 14.3 Å². The molecule has 0 radical (unpaired) electrons. The summed E-state index contributed by atoms with van der Waals surface area (Å²) in [7, 11) is 0. The molecule has 0 spiro atoms. The van der Waals surface area contributed by atoms with Crippen LogP contribution in [0.15, 0.2) is 12.2 Å². The van der Waals surface area contributed by atoms with Gasteiger partial charge >= 0.3 is 65.7 Å². The normalized spacial score (nSPS) is 15.4. The van der Waals surface area contributed by atoms with Crippen molar-refractivity contribution in [2.75, 3.05) is 19.8 Å². The Morgan fingerprint density at radius 3 is 1.27 bits per heavy atom. The molecular weight excluding hydrogens is 632 g/mol. The number of hydrogen-bond donors (Lipinski definition) is 0. The Kier molecular flexibility index (Phi) is 10.3. The number of esters is 1. The van der Waals surface area contributed by atoms with Crippen LogP contribution in [0.25, 0.3) is 0 Å². The highest BCUT2D eigenvalue weighted by atomic mass is 19.4. The molecule has 0 aromatic heterocycles. The zero-order chi connectivity index (χ0) is 32.8. The van der Waals surface area contributed by atoms with Crippen molar-refractivity contribution >= 4 is 5.97 Å². The molecule has 23 heteroatoms. The SMILES string of the molecule is C=C(COCC(F)(F)C(F)(F)C(F)(F)C(F)(F)C(F)(F)C(F)(F)C(F)(F)C(F)(F)C(F)(F)C(F)F)C(=O)OCC. The standard InChI is InChI=1S/C17H12F20O3/c1-3-40-7(38)6(2)4-39-5-9(20,21)11(24,25)13(28,29)15(32,33)17(36,37)16(34,35)14(30,31)12(26,27)10(22,23)8(18)19/h8H,2-5H2,1H3. The number of halogens is 20. The summed E-state index contributed by atoms with van der Waals surface area (Å²) in [4.78, 5) is 11.1. The Bertz CT molecular complexity index is 925. The van der Waals surface area contributed by atoms with Crippen molar-refractivity contribution in [2.24, 2.45) is 0 Å². The van der Waals surface area contributed by atoms with Gasteiger partial charge in [0.05, 0.1) is 18.8 Å². The summed E-state index contributed by atoms with van der Waals surface area (Å²) in [5.74, 6) is -77.2. The highest BCUT2D eigenvalue weighted by Gasteiger charge is 2.96. The molecule has 0 bridgehead atoms. The van der Waals surface area contributed by atoms with Gasteiger partial charge in [-0.2, -0.15) is 79.0 Å². The van der Waals surface area contributed by atoms with E-state index in [-0.39, 0.29) is 0 Å². The molecule has 0 aromatic carbocycles. The first-order valence-electron chi connectivity index (χ1n) is 9.42. The van der Waals surface area contributed by atoms with Crippen molar-refractivity contribution in [3.8, 4) is 0 Å². The first-order chi connectivity index (χ1) is 17.3. The fourth-order valence-corrected chi connectivity index (χ4v) is 2.25. The Morgan fingerprint density at radius 2 is 0.950 bits per heavy atom. The minimum atomic E-state index is -9.08. The van der Waals surface area contributed by atoms with Crippen molar-refractivity contribution in [3.05, 3.63) is 12.2 Å². The van der Waals surface area contributed by atoms with Gasteiger partial charge in [0.15, 0.2) is 0 Å². The van der Waals surface area contributed by atoms with Crippen LogP contribution >= 0.6 is 0 Å². The van der Waals surface area contributed by atoms with Crippen LogP contribution in [0.4, 0.5) is 87.8 Å². The third kappa shape index (κ3) is 5.37. The predicted octanol–water partition coefficient (Wildman–Crippen LogP) is 7.11. The monoisotopic (exact) mass is 644 g/mol. The molecule has 0 fully saturated rings. The predicted molar refractivity (Wildman–Crippen MR) is 87.1 cm³/mol. The maximum atomic E-state index is 13.7. The van der Waals surface area contributed by atoms with Crippen molar-refractivity contribution < 1.29 is 102 Å². The number of ether oxygens (including phenoxy) is 2. The van der Waals surface area contributed by atoms with Crippen LogP contribution in [0.1, 0.15) is 6.92 Å². The highest BCUT2D eigenvalue weighted by molar-refractivity contribution is 5.87. The fourth-order valence-electron chi connectivity index (χ4n) is 2.25. The lowest BCUT2D eigenvalue weighted by Gasteiger charge is -2.44. The third-order valence-electron chi connectivity index (χ3n) is 4.64. The second kappa shape index (κ2) is 10.9. The molecule has 0 heterocycles. The molecule has 0 unspecified atom stereocenters. The molecule has 0 aromatic rings. The Morgan fingerprint density at radius 1 is 0.625 bits per heavy atom. The largest absolute Gasteiger partial charge is 0.463 e. The van der Waals surface area contributed by atoms with E-state index in [4.69, 9.17) is 0 Å². The van der Waals surface area contributed by atoms with Crippen molar-refractivity contribution in [3.63, 3.8) is 0 Å². The Labute approximate surface area is 208 Å². The van der Waals surface area contributed by atoms with Gasteiger partial charge in [0.2, 0.25) is 0 Å². The number of carbonyl (C=O) groups is 1. The van der Waals surface area contributed by atoms with Crippen LogP contribution in [0.2, 0.25) is 0 Å². The van der Waals surface area contributed by atoms with Crippen LogP contribution < -0.4 is 0 Å². The van der Waals surface area contributed by atoms with Crippen LogP contribution in [-0.4, -0.2) is 85.5 Å². The van der Waals surface area contributed by atoms with Crippen LogP contribution in [0, 0.1) is 0 Å². The first-order valence-corrected chi connectivity index (χ1v) is 9.42. The van der Waals surface area contributed by atoms with Gasteiger partial charge in [-0.3, -0.25) is 0 Å². The average Bonchev–Trinajstić information content (AvgIpc) is 2.77. The van der Waals surface area contributed by atoms with Gasteiger partial charge in [-0.15, -0.1) is 0 Å². The van der Waals surface area contributed by atoms with Gasteiger partial charge in [-0.1, -0.05) is 6.58 Å². The lowest BCUT2D eigenvalue weighted by molar-refractivity contribution is -0.466. The molecule has 0 N–H and O–H groups in total. The number of alkyl halides is 20. The van der Waals surface area contributed by atoms with E-state index < -0.39 is 91.1 Å². The molecule has 0 saturated heterocycles. The van der Waals surface area contributed by atoms with E-state index >= 15 is 0 Å². The number of carbonyl (C=O) groups excluding carboxylic acids is 1. The zero-order valence-corrected chi connectivity index (χ0v) is 18.7. The second-order valence-electron chi connectivity index (χ2n) is 7.47. The minimum absolute atomic E-state index is 0.420. The summed E-state index contributed by atoms with van der Waals surface area (Å²) in [6.07, 6.45) is -6.12. The molecule has 0 amide bonds. The van der Waals surface area contributed by atoms with E-state index in [0.717, 1.165) is 6.92 Å². The van der Waals surface area contributed by atoms with Gasteiger partial charge in [0.25, 0.3) is 0 Å². The molecule has 3 nitrogen and oxygen atoms in total. The summed E-state index contributed by atoms with van der Waals surface area (Å²) in [5, 5.41) is 0. The van der Waals surface area contributed by atoms with E-state index in [1.165, 1.54) is 0 Å². The Balaban J connectivity index is 6.57. The summed E-state index contributed by atoms with van der Waals surface area (Å²) >= 11 is 0. The van der Waals surface area contributed by atoms with E-state index in [1.54, 1.807) is 0 Å². The topological polar surface area (TPSA) is 35.5 Å². The molecule has 0 aliphatic rings. The molecular formula is C17H12F20O3. The van der Waals surface area contributed by atoms with E-state index in [1.807, 2.05) is 0 Å². The molecule has 40 heavy (non-hydrogen) atoms. The lowest BCUT2D eigenvalue weighted by atomic mass is 9.86. The second-order valence-corrected chi connectivity index (χ2v) is 7.47. The molecule has 0 saturated carbocycles. The quantitative estimate of drug-likeness (QED) is 0.108. The lowest BCUT2D eigenvalue weighted by Crippen LogP contribution is -2.76. The van der Waals surface area contributed by atoms with Crippen molar-refractivity contribution in [1.82, 2.24) is 0 Å². The van der Waals surface area contributed by atoms with Crippen LogP contribution in [0.5, 0.6) is 0 Å². The maximum absolute atomic E-state index is 13.7. The average molecular weight is 644 g/mol. The molecule has 238 valence electrons. The van der Waals surface area contributed by atoms with E-state index in [0.29, 0.717) is 0 Å². The van der Waals surface area contributed by atoms with Gasteiger partial charge < -0.3 is 9.47 Å².